The Morgan fingerprint density at radius 3 is 2.85 bits per heavy atom. The molecule has 1 aliphatic carbocycles. The molecule has 1 saturated carbocycles. The van der Waals surface area contributed by atoms with E-state index in [0.717, 1.165) is 37.9 Å². The number of fused-ring (bicyclic) bond motifs is 1. The van der Waals surface area contributed by atoms with Crippen molar-refractivity contribution in [2.24, 2.45) is 5.92 Å². The van der Waals surface area contributed by atoms with Crippen LogP contribution in [0.4, 0.5) is 4.79 Å². The third-order valence-corrected chi connectivity index (χ3v) is 4.43. The molecule has 0 aromatic heterocycles. The number of rotatable bonds is 3. The van der Waals surface area contributed by atoms with E-state index in [4.69, 9.17) is 0 Å². The maximum Gasteiger partial charge on any atom is 0.314 e. The number of hydrogen-bond acceptors (Lipinski definition) is 3. The molecule has 2 rings (SSSR count). The third-order valence-electron chi connectivity index (χ3n) is 4.43. The topological polar surface area (TPSA) is 61.4 Å². The highest BCUT2D eigenvalue weighted by Gasteiger charge is 2.40. The fraction of sp³-hybridized carbons (Fsp3) is 0.733. The van der Waals surface area contributed by atoms with Gasteiger partial charge in [0, 0.05) is 32.1 Å². The van der Waals surface area contributed by atoms with Crippen molar-refractivity contribution in [2.45, 2.75) is 44.7 Å². The number of nitrogens with zero attached hydrogens (tertiary/aromatic N) is 1. The number of Topliss-reactive ketones (excluding diaryl/α,β-unsaturated/α-hetero) is 1. The molecule has 3 atom stereocenters. The predicted octanol–water partition coefficient (Wildman–Crippen LogP) is 1.30. The van der Waals surface area contributed by atoms with Crippen LogP contribution in [0.2, 0.25) is 0 Å². The lowest BCUT2D eigenvalue weighted by atomic mass is 9.74. The third kappa shape index (κ3) is 3.20. The second-order valence-electron chi connectivity index (χ2n) is 5.91. The van der Waals surface area contributed by atoms with Crippen LogP contribution in [0.15, 0.2) is 12.2 Å². The molecule has 1 heterocycles. The molecule has 0 spiro atoms. The second kappa shape index (κ2) is 6.39. The summed E-state index contributed by atoms with van der Waals surface area (Å²) in [6, 6.07) is 0.404. The molecule has 20 heavy (non-hydrogen) atoms. The Morgan fingerprint density at radius 1 is 1.45 bits per heavy atom. The van der Waals surface area contributed by atoms with E-state index in [0.29, 0.717) is 18.4 Å². The zero-order valence-corrected chi connectivity index (χ0v) is 12.4. The number of urea groups is 1. The minimum atomic E-state index is -0.142. The monoisotopic (exact) mass is 279 g/mol. The number of carbonyl (C=O) groups excluding carboxylic acids is 2. The Balaban J connectivity index is 2.07. The molecule has 0 unspecified atom stereocenters. The van der Waals surface area contributed by atoms with Crippen LogP contribution in [0.3, 0.4) is 0 Å². The first-order chi connectivity index (χ1) is 9.55. The molecule has 1 aliphatic heterocycles. The molecular weight excluding hydrogens is 254 g/mol. The summed E-state index contributed by atoms with van der Waals surface area (Å²) in [6.07, 6.45) is 3.33. The van der Waals surface area contributed by atoms with Crippen molar-refractivity contribution in [1.29, 1.82) is 0 Å². The molecular formula is C15H25N3O2. The van der Waals surface area contributed by atoms with Crippen LogP contribution < -0.4 is 10.6 Å². The highest BCUT2D eigenvalue weighted by Crippen LogP contribution is 2.35. The average molecular weight is 279 g/mol. The van der Waals surface area contributed by atoms with Gasteiger partial charge in [-0.3, -0.25) is 9.69 Å². The van der Waals surface area contributed by atoms with E-state index in [1.54, 1.807) is 7.05 Å². The summed E-state index contributed by atoms with van der Waals surface area (Å²) in [7, 11) is 1.62. The molecule has 0 bridgehead atoms. The summed E-state index contributed by atoms with van der Waals surface area (Å²) < 4.78 is 0. The van der Waals surface area contributed by atoms with E-state index < -0.39 is 0 Å². The Labute approximate surface area is 120 Å². The van der Waals surface area contributed by atoms with Gasteiger partial charge in [-0.05, 0) is 37.3 Å². The van der Waals surface area contributed by atoms with Gasteiger partial charge in [-0.25, -0.2) is 4.79 Å². The number of ketones is 1. The molecule has 1 saturated heterocycles. The highest BCUT2D eigenvalue weighted by molar-refractivity contribution is 5.95. The standard InChI is InChI=1S/C15H25N3O2/c1-4-5-18-9-12(17-15(20)16-3)7-11-8-14(19)10(2)6-13(11)18/h11-13H,2,4-9H2,1,3H3,(H2,16,17,20)/t11-,12+,13-/m1/s1. The normalized spacial score (nSPS) is 30.8. The minimum Gasteiger partial charge on any atom is -0.341 e. The molecule has 2 N–H and O–H groups in total. The van der Waals surface area contributed by atoms with Gasteiger partial charge in [0.2, 0.25) is 0 Å². The van der Waals surface area contributed by atoms with Gasteiger partial charge in [-0.1, -0.05) is 13.5 Å². The van der Waals surface area contributed by atoms with Crippen LogP contribution in [0.5, 0.6) is 0 Å². The van der Waals surface area contributed by atoms with Crippen molar-refractivity contribution < 1.29 is 9.59 Å². The van der Waals surface area contributed by atoms with Crippen molar-refractivity contribution in [3.63, 3.8) is 0 Å². The minimum absolute atomic E-state index is 0.127. The summed E-state index contributed by atoms with van der Waals surface area (Å²) in [5, 5.41) is 5.59. The SMILES string of the molecule is C=C1C[C@@H]2[C@@H](CC1=O)C[C@H](NC(=O)NC)CN2CCC. The van der Waals surface area contributed by atoms with E-state index in [1.165, 1.54) is 0 Å². The van der Waals surface area contributed by atoms with Crippen molar-refractivity contribution in [1.82, 2.24) is 15.5 Å². The van der Waals surface area contributed by atoms with E-state index in [9.17, 15) is 9.59 Å². The van der Waals surface area contributed by atoms with E-state index in [2.05, 4.69) is 29.0 Å². The quantitative estimate of drug-likeness (QED) is 0.766. The largest absolute Gasteiger partial charge is 0.341 e. The maximum atomic E-state index is 11.9. The van der Waals surface area contributed by atoms with Gasteiger partial charge in [-0.15, -0.1) is 0 Å². The average Bonchev–Trinajstić information content (AvgIpc) is 2.41. The molecule has 0 radical (unpaired) electrons. The maximum absolute atomic E-state index is 11.9. The Hall–Kier alpha value is -1.36. The molecule has 2 aliphatic rings. The fourth-order valence-corrected chi connectivity index (χ4v) is 3.48. The zero-order valence-electron chi connectivity index (χ0n) is 12.4. The van der Waals surface area contributed by atoms with Crippen molar-refractivity contribution in [3.05, 3.63) is 12.2 Å². The summed E-state index contributed by atoms with van der Waals surface area (Å²) >= 11 is 0. The van der Waals surface area contributed by atoms with Crippen LogP contribution in [0.1, 0.15) is 32.6 Å². The lowest BCUT2D eigenvalue weighted by Gasteiger charge is -2.47. The fourth-order valence-electron chi connectivity index (χ4n) is 3.48. The van der Waals surface area contributed by atoms with Crippen molar-refractivity contribution in [2.75, 3.05) is 20.1 Å². The number of hydrogen-bond donors (Lipinski definition) is 2. The van der Waals surface area contributed by atoms with Crippen LogP contribution >= 0.6 is 0 Å². The van der Waals surface area contributed by atoms with Gasteiger partial charge in [-0.2, -0.15) is 0 Å². The number of piperidine rings is 1. The summed E-state index contributed by atoms with van der Waals surface area (Å²) in [5.74, 6) is 0.541. The van der Waals surface area contributed by atoms with Gasteiger partial charge >= 0.3 is 6.03 Å². The van der Waals surface area contributed by atoms with Gasteiger partial charge in [0.25, 0.3) is 0 Å². The van der Waals surface area contributed by atoms with Gasteiger partial charge in [0.05, 0.1) is 0 Å². The number of nitrogens with one attached hydrogen (secondary N) is 2. The lowest BCUT2D eigenvalue weighted by Crippen LogP contribution is -2.58. The molecule has 5 heteroatoms. The van der Waals surface area contributed by atoms with E-state index >= 15 is 0 Å². The van der Waals surface area contributed by atoms with E-state index in [1.807, 2.05) is 0 Å². The molecule has 112 valence electrons. The van der Waals surface area contributed by atoms with Crippen molar-refractivity contribution >= 4 is 11.8 Å². The number of likely N-dealkylation sites (tertiary alicyclic amines) is 1. The predicted molar refractivity (Wildman–Crippen MR) is 78.5 cm³/mol. The van der Waals surface area contributed by atoms with Crippen LogP contribution in [0.25, 0.3) is 0 Å². The van der Waals surface area contributed by atoms with Crippen LogP contribution in [0, 0.1) is 5.92 Å². The number of carbonyl (C=O) groups is 2. The highest BCUT2D eigenvalue weighted by atomic mass is 16.2. The number of amides is 2. The molecule has 0 aromatic rings. The Kier molecular flexibility index (Phi) is 4.81. The van der Waals surface area contributed by atoms with Crippen molar-refractivity contribution in [3.8, 4) is 0 Å². The van der Waals surface area contributed by atoms with Gasteiger partial charge < -0.3 is 10.6 Å². The Bertz CT molecular complexity index is 408. The zero-order chi connectivity index (χ0) is 14.7. The van der Waals surface area contributed by atoms with Gasteiger partial charge in [0.15, 0.2) is 5.78 Å². The van der Waals surface area contributed by atoms with E-state index in [-0.39, 0.29) is 17.9 Å². The molecule has 2 fully saturated rings. The summed E-state index contributed by atoms with van der Waals surface area (Å²) in [6.45, 7) is 7.94. The molecule has 5 nitrogen and oxygen atoms in total. The smallest absolute Gasteiger partial charge is 0.314 e. The Morgan fingerprint density at radius 2 is 2.20 bits per heavy atom. The second-order valence-corrected chi connectivity index (χ2v) is 5.91. The molecule has 2 amide bonds. The first kappa shape index (κ1) is 15.0. The van der Waals surface area contributed by atoms with Gasteiger partial charge in [0.1, 0.15) is 0 Å². The summed E-state index contributed by atoms with van der Waals surface area (Å²) in [4.78, 5) is 25.8. The lowest BCUT2D eigenvalue weighted by molar-refractivity contribution is -0.119. The summed E-state index contributed by atoms with van der Waals surface area (Å²) in [5.41, 5.74) is 0.769. The first-order valence-electron chi connectivity index (χ1n) is 7.48. The van der Waals surface area contributed by atoms with Crippen LogP contribution in [-0.2, 0) is 4.79 Å². The van der Waals surface area contributed by atoms with Crippen LogP contribution in [-0.4, -0.2) is 48.9 Å². The first-order valence-corrected chi connectivity index (χ1v) is 7.48. The molecule has 0 aromatic carbocycles.